The van der Waals surface area contributed by atoms with Crippen LogP contribution in [0.5, 0.6) is 5.75 Å². The highest BCUT2D eigenvalue weighted by molar-refractivity contribution is 6.34. The first-order valence-corrected chi connectivity index (χ1v) is 8.20. The molecule has 3 aromatic rings. The second kappa shape index (κ2) is 8.17. The lowest BCUT2D eigenvalue weighted by atomic mass is 10.2. The summed E-state index contributed by atoms with van der Waals surface area (Å²) in [6, 6.07) is 13.8. The van der Waals surface area contributed by atoms with Crippen LogP contribution >= 0.6 is 11.6 Å². The Hall–Kier alpha value is -3.63. The number of nitriles is 1. The molecule has 0 aliphatic carbocycles. The number of rotatable bonds is 6. The molecule has 0 spiro atoms. The molecule has 1 heterocycles. The van der Waals surface area contributed by atoms with E-state index in [9.17, 15) is 4.79 Å². The Balaban J connectivity index is 1.84. The number of nitrogens with zero attached hydrogens (tertiary/aromatic N) is 3. The van der Waals surface area contributed by atoms with Crippen LogP contribution in [0.1, 0.15) is 15.9 Å². The SMILES string of the molecule is COc1cc(C=O)cc(Cl)c1Nc1ccnc(Nc2ccc(C#N)cc2)n1. The monoisotopic (exact) mass is 379 g/mol. The lowest BCUT2D eigenvalue weighted by Crippen LogP contribution is -2.02. The molecule has 0 atom stereocenters. The molecule has 0 bridgehead atoms. The zero-order valence-corrected chi connectivity index (χ0v) is 15.0. The second-order valence-electron chi connectivity index (χ2n) is 5.40. The van der Waals surface area contributed by atoms with Crippen LogP contribution in [0.3, 0.4) is 0 Å². The van der Waals surface area contributed by atoms with Crippen LogP contribution in [0.15, 0.2) is 48.7 Å². The average Bonchev–Trinajstić information content (AvgIpc) is 2.70. The molecule has 0 aliphatic heterocycles. The summed E-state index contributed by atoms with van der Waals surface area (Å²) in [5.74, 6) is 1.27. The van der Waals surface area contributed by atoms with Gasteiger partial charge in [-0.1, -0.05) is 11.6 Å². The molecular formula is C19H14ClN5O2. The van der Waals surface area contributed by atoms with Gasteiger partial charge in [0.25, 0.3) is 0 Å². The summed E-state index contributed by atoms with van der Waals surface area (Å²) in [5.41, 5.74) is 2.22. The third kappa shape index (κ3) is 4.32. The number of carbonyl (C=O) groups excluding carboxylic acids is 1. The summed E-state index contributed by atoms with van der Waals surface area (Å²) in [6.07, 6.45) is 2.28. The molecule has 7 nitrogen and oxygen atoms in total. The van der Waals surface area contributed by atoms with Crippen molar-refractivity contribution in [1.82, 2.24) is 9.97 Å². The van der Waals surface area contributed by atoms with E-state index in [2.05, 4.69) is 26.7 Å². The van der Waals surface area contributed by atoms with Gasteiger partial charge in [-0.3, -0.25) is 4.79 Å². The maximum absolute atomic E-state index is 11.0. The Morgan fingerprint density at radius 1 is 1.19 bits per heavy atom. The first-order chi connectivity index (χ1) is 13.1. The van der Waals surface area contributed by atoms with Crippen molar-refractivity contribution in [2.75, 3.05) is 17.7 Å². The van der Waals surface area contributed by atoms with Gasteiger partial charge in [-0.2, -0.15) is 10.2 Å². The lowest BCUT2D eigenvalue weighted by molar-refractivity contribution is 0.112. The van der Waals surface area contributed by atoms with Crippen LogP contribution in [0.2, 0.25) is 5.02 Å². The zero-order chi connectivity index (χ0) is 19.2. The molecule has 0 saturated carbocycles. The molecule has 1 aromatic heterocycles. The maximum atomic E-state index is 11.0. The van der Waals surface area contributed by atoms with Crippen molar-refractivity contribution in [3.8, 4) is 11.8 Å². The molecule has 0 unspecified atom stereocenters. The van der Waals surface area contributed by atoms with E-state index in [0.29, 0.717) is 45.6 Å². The topological polar surface area (TPSA) is 99.9 Å². The Morgan fingerprint density at radius 2 is 1.96 bits per heavy atom. The van der Waals surface area contributed by atoms with Crippen LogP contribution in [0, 0.1) is 11.3 Å². The van der Waals surface area contributed by atoms with Crippen LogP contribution in [0.25, 0.3) is 0 Å². The number of aromatic nitrogens is 2. The number of hydrogen-bond donors (Lipinski definition) is 2. The van der Waals surface area contributed by atoms with Crippen LogP contribution in [-0.4, -0.2) is 23.4 Å². The van der Waals surface area contributed by atoms with E-state index >= 15 is 0 Å². The molecular weight excluding hydrogens is 366 g/mol. The first kappa shape index (κ1) is 18.2. The quantitative estimate of drug-likeness (QED) is 0.615. The number of ether oxygens (including phenoxy) is 1. The Labute approximate surface area is 160 Å². The van der Waals surface area contributed by atoms with Gasteiger partial charge in [-0.25, -0.2) is 4.98 Å². The van der Waals surface area contributed by atoms with E-state index < -0.39 is 0 Å². The van der Waals surface area contributed by atoms with Crippen molar-refractivity contribution < 1.29 is 9.53 Å². The Morgan fingerprint density at radius 3 is 2.63 bits per heavy atom. The van der Waals surface area contributed by atoms with E-state index in [1.54, 1.807) is 42.6 Å². The average molecular weight is 380 g/mol. The minimum Gasteiger partial charge on any atom is -0.494 e. The van der Waals surface area contributed by atoms with Crippen molar-refractivity contribution in [3.63, 3.8) is 0 Å². The Bertz CT molecular complexity index is 1020. The van der Waals surface area contributed by atoms with Gasteiger partial charge in [0.05, 0.1) is 23.8 Å². The lowest BCUT2D eigenvalue weighted by Gasteiger charge is -2.14. The van der Waals surface area contributed by atoms with Crippen molar-refractivity contribution in [2.45, 2.75) is 0 Å². The van der Waals surface area contributed by atoms with Crippen molar-refractivity contribution in [2.24, 2.45) is 0 Å². The molecule has 0 aliphatic rings. The highest BCUT2D eigenvalue weighted by Gasteiger charge is 2.12. The standard InChI is InChI=1S/C19H14ClN5O2/c1-27-16-9-13(11-26)8-15(20)18(16)24-17-6-7-22-19(25-17)23-14-4-2-12(10-21)3-5-14/h2-9,11H,1H3,(H2,22,23,24,25). The predicted octanol–water partition coefficient (Wildman–Crippen LogP) is 4.31. The highest BCUT2D eigenvalue weighted by Crippen LogP contribution is 2.35. The van der Waals surface area contributed by atoms with Crippen LogP contribution in [0.4, 0.5) is 23.1 Å². The maximum Gasteiger partial charge on any atom is 0.229 e. The molecule has 0 fully saturated rings. The van der Waals surface area contributed by atoms with Gasteiger partial charge in [0.2, 0.25) is 5.95 Å². The molecule has 134 valence electrons. The third-order valence-electron chi connectivity index (χ3n) is 3.61. The molecule has 0 radical (unpaired) electrons. The number of methoxy groups -OCH3 is 1. The van der Waals surface area contributed by atoms with E-state index in [-0.39, 0.29) is 0 Å². The largest absolute Gasteiger partial charge is 0.494 e. The van der Waals surface area contributed by atoms with Crippen LogP contribution in [-0.2, 0) is 0 Å². The smallest absolute Gasteiger partial charge is 0.229 e. The van der Waals surface area contributed by atoms with Crippen molar-refractivity contribution in [1.29, 1.82) is 5.26 Å². The Kier molecular flexibility index (Phi) is 5.50. The fourth-order valence-corrected chi connectivity index (χ4v) is 2.59. The zero-order valence-electron chi connectivity index (χ0n) is 14.2. The predicted molar refractivity (Wildman–Crippen MR) is 103 cm³/mol. The summed E-state index contributed by atoms with van der Waals surface area (Å²) in [4.78, 5) is 19.5. The number of aldehydes is 1. The molecule has 0 saturated heterocycles. The van der Waals surface area contributed by atoms with Gasteiger partial charge < -0.3 is 15.4 Å². The van der Waals surface area contributed by atoms with E-state index in [1.807, 2.05) is 0 Å². The van der Waals surface area contributed by atoms with E-state index in [0.717, 1.165) is 5.69 Å². The van der Waals surface area contributed by atoms with Gasteiger partial charge in [0.1, 0.15) is 23.5 Å². The van der Waals surface area contributed by atoms with Crippen molar-refractivity contribution >= 4 is 41.0 Å². The second-order valence-corrected chi connectivity index (χ2v) is 5.81. The summed E-state index contributed by atoms with van der Waals surface area (Å²) in [7, 11) is 1.49. The van der Waals surface area contributed by atoms with E-state index in [4.69, 9.17) is 21.6 Å². The van der Waals surface area contributed by atoms with Gasteiger partial charge >= 0.3 is 0 Å². The molecule has 27 heavy (non-hydrogen) atoms. The third-order valence-corrected chi connectivity index (χ3v) is 3.91. The summed E-state index contributed by atoms with van der Waals surface area (Å²) >= 11 is 6.25. The fraction of sp³-hybridized carbons (Fsp3) is 0.0526. The molecule has 0 amide bonds. The van der Waals surface area contributed by atoms with Gasteiger partial charge in [-0.15, -0.1) is 0 Å². The summed E-state index contributed by atoms with van der Waals surface area (Å²) in [5, 5.41) is 15.3. The van der Waals surface area contributed by atoms with Crippen LogP contribution < -0.4 is 15.4 Å². The van der Waals surface area contributed by atoms with Gasteiger partial charge in [-0.05, 0) is 42.5 Å². The number of halogens is 1. The minimum absolute atomic E-state index is 0.330. The molecule has 8 heteroatoms. The fourth-order valence-electron chi connectivity index (χ4n) is 2.33. The molecule has 2 aromatic carbocycles. The number of nitrogens with one attached hydrogen (secondary N) is 2. The van der Waals surface area contributed by atoms with Crippen molar-refractivity contribution in [3.05, 3.63) is 64.8 Å². The summed E-state index contributed by atoms with van der Waals surface area (Å²) in [6.45, 7) is 0. The molecule has 3 rings (SSSR count). The number of hydrogen-bond acceptors (Lipinski definition) is 7. The summed E-state index contributed by atoms with van der Waals surface area (Å²) < 4.78 is 5.30. The number of anilines is 4. The first-order valence-electron chi connectivity index (χ1n) is 7.83. The molecule has 2 N–H and O–H groups in total. The highest BCUT2D eigenvalue weighted by atomic mass is 35.5. The van der Waals surface area contributed by atoms with Gasteiger partial charge in [0, 0.05) is 17.4 Å². The number of benzene rings is 2. The van der Waals surface area contributed by atoms with Gasteiger partial charge in [0.15, 0.2) is 0 Å². The number of carbonyl (C=O) groups is 1. The van der Waals surface area contributed by atoms with E-state index in [1.165, 1.54) is 13.2 Å². The normalized spacial score (nSPS) is 9.96. The minimum atomic E-state index is 0.330.